The van der Waals surface area contributed by atoms with Gasteiger partial charge in [-0.05, 0) is 17.7 Å². The van der Waals surface area contributed by atoms with E-state index in [1.54, 1.807) is 18.6 Å². The molecule has 2 aromatic heterocycles. The summed E-state index contributed by atoms with van der Waals surface area (Å²) in [6, 6.07) is 9.65. The maximum absolute atomic E-state index is 6.21. The fourth-order valence-electron chi connectivity index (χ4n) is 1.99. The smallest absolute Gasteiger partial charge is 0.127 e. The lowest BCUT2D eigenvalue weighted by atomic mass is 10.0. The molecule has 0 saturated carbocycles. The molecule has 1 unspecified atom stereocenters. The number of nitrogens with zero attached hydrogens (tertiary/aromatic N) is 2. The molecular weight excluding hydrogens is 212 g/mol. The number of rotatable bonds is 2. The average Bonchev–Trinajstić information content (AvgIpc) is 2.91. The summed E-state index contributed by atoms with van der Waals surface area (Å²) in [6.07, 6.45) is 5.27. The van der Waals surface area contributed by atoms with E-state index < -0.39 is 0 Å². The van der Waals surface area contributed by atoms with Gasteiger partial charge in [0.25, 0.3) is 0 Å². The van der Waals surface area contributed by atoms with Gasteiger partial charge in [0.05, 0.1) is 11.6 Å². The lowest BCUT2D eigenvalue weighted by Crippen LogP contribution is -2.14. The van der Waals surface area contributed by atoms with Crippen LogP contribution >= 0.6 is 0 Å². The monoisotopic (exact) mass is 224 g/mol. The van der Waals surface area contributed by atoms with E-state index in [1.807, 2.05) is 30.3 Å². The molecule has 4 heteroatoms. The van der Waals surface area contributed by atoms with E-state index in [4.69, 9.17) is 5.73 Å². The van der Waals surface area contributed by atoms with E-state index in [0.717, 1.165) is 22.3 Å². The highest BCUT2D eigenvalue weighted by Gasteiger charge is 2.13. The van der Waals surface area contributed by atoms with Crippen LogP contribution in [0.25, 0.3) is 10.9 Å². The van der Waals surface area contributed by atoms with Gasteiger partial charge in [-0.25, -0.2) is 4.98 Å². The molecule has 0 spiro atoms. The Kier molecular flexibility index (Phi) is 2.34. The molecule has 1 aromatic carbocycles. The van der Waals surface area contributed by atoms with Gasteiger partial charge in [-0.2, -0.15) is 0 Å². The molecule has 17 heavy (non-hydrogen) atoms. The molecule has 0 fully saturated rings. The van der Waals surface area contributed by atoms with E-state index in [9.17, 15) is 0 Å². The summed E-state index contributed by atoms with van der Waals surface area (Å²) in [7, 11) is 0. The Morgan fingerprint density at radius 2 is 2.00 bits per heavy atom. The number of hydrogen-bond acceptors (Lipinski definition) is 3. The van der Waals surface area contributed by atoms with Gasteiger partial charge >= 0.3 is 0 Å². The normalized spacial score (nSPS) is 12.8. The highest BCUT2D eigenvalue weighted by atomic mass is 14.9. The van der Waals surface area contributed by atoms with Crippen molar-refractivity contribution in [3.8, 4) is 0 Å². The number of H-pyrrole nitrogens is 1. The van der Waals surface area contributed by atoms with Crippen LogP contribution in [0.2, 0.25) is 0 Å². The first-order valence-electron chi connectivity index (χ1n) is 5.45. The zero-order valence-electron chi connectivity index (χ0n) is 9.17. The van der Waals surface area contributed by atoms with Crippen LogP contribution in [0.4, 0.5) is 0 Å². The minimum absolute atomic E-state index is 0.252. The number of aromatic nitrogens is 3. The molecule has 0 aliphatic heterocycles. The first kappa shape index (κ1) is 9.99. The van der Waals surface area contributed by atoms with Crippen molar-refractivity contribution >= 4 is 10.9 Å². The molecular formula is C13H12N4. The molecule has 3 aromatic rings. The number of nitrogens with one attached hydrogen (secondary N) is 1. The van der Waals surface area contributed by atoms with Gasteiger partial charge in [0, 0.05) is 24.0 Å². The molecule has 2 heterocycles. The topological polar surface area (TPSA) is 67.6 Å². The Hall–Kier alpha value is -2.20. The zero-order valence-corrected chi connectivity index (χ0v) is 9.17. The van der Waals surface area contributed by atoms with Crippen molar-refractivity contribution in [3.05, 3.63) is 60.3 Å². The summed E-state index contributed by atoms with van der Waals surface area (Å²) in [5.41, 5.74) is 8.19. The van der Waals surface area contributed by atoms with Crippen molar-refractivity contribution in [1.82, 2.24) is 15.0 Å². The van der Waals surface area contributed by atoms with Gasteiger partial charge in [0.2, 0.25) is 0 Å². The first-order valence-corrected chi connectivity index (χ1v) is 5.45. The Balaban J connectivity index is 2.17. The van der Waals surface area contributed by atoms with Crippen LogP contribution < -0.4 is 5.73 Å². The van der Waals surface area contributed by atoms with E-state index in [0.29, 0.717) is 0 Å². The van der Waals surface area contributed by atoms with E-state index in [2.05, 4.69) is 15.0 Å². The number of nitrogens with two attached hydrogens (primary N) is 1. The van der Waals surface area contributed by atoms with Crippen LogP contribution in [0, 0.1) is 0 Å². The summed E-state index contributed by atoms with van der Waals surface area (Å²) in [5, 5.41) is 1.07. The standard InChI is InChI=1S/C13H12N4/c14-12(13-16-7-8-17-13)10-3-1-5-11-9(10)4-2-6-15-11/h1-8,12H,14H2,(H,16,17). The largest absolute Gasteiger partial charge is 0.347 e. The number of imidazole rings is 1. The Morgan fingerprint density at radius 1 is 1.06 bits per heavy atom. The van der Waals surface area contributed by atoms with Crippen LogP contribution in [0.5, 0.6) is 0 Å². The fraction of sp³-hybridized carbons (Fsp3) is 0.0769. The molecule has 0 amide bonds. The summed E-state index contributed by atoms with van der Waals surface area (Å²) >= 11 is 0. The molecule has 3 N–H and O–H groups in total. The average molecular weight is 224 g/mol. The molecule has 0 aliphatic rings. The highest BCUT2D eigenvalue weighted by molar-refractivity contribution is 5.82. The lowest BCUT2D eigenvalue weighted by molar-refractivity contribution is 0.807. The Labute approximate surface area is 98.5 Å². The van der Waals surface area contributed by atoms with Gasteiger partial charge in [0.15, 0.2) is 0 Å². The van der Waals surface area contributed by atoms with Gasteiger partial charge in [-0.15, -0.1) is 0 Å². The quantitative estimate of drug-likeness (QED) is 0.699. The van der Waals surface area contributed by atoms with Crippen molar-refractivity contribution in [1.29, 1.82) is 0 Å². The van der Waals surface area contributed by atoms with Crippen LogP contribution in [0.15, 0.2) is 48.9 Å². The molecule has 0 saturated heterocycles. The Morgan fingerprint density at radius 3 is 2.82 bits per heavy atom. The molecule has 0 bridgehead atoms. The third-order valence-corrected chi connectivity index (χ3v) is 2.83. The number of pyridine rings is 1. The van der Waals surface area contributed by atoms with E-state index in [1.165, 1.54) is 0 Å². The second-order valence-electron chi connectivity index (χ2n) is 3.87. The fourth-order valence-corrected chi connectivity index (χ4v) is 1.99. The minimum Gasteiger partial charge on any atom is -0.347 e. The van der Waals surface area contributed by atoms with Gasteiger partial charge in [-0.3, -0.25) is 4.98 Å². The summed E-state index contributed by atoms with van der Waals surface area (Å²) in [4.78, 5) is 11.6. The third-order valence-electron chi connectivity index (χ3n) is 2.83. The molecule has 1 atom stereocenters. The summed E-state index contributed by atoms with van der Waals surface area (Å²) < 4.78 is 0. The van der Waals surface area contributed by atoms with Crippen LogP contribution in [0.1, 0.15) is 17.4 Å². The van der Waals surface area contributed by atoms with Crippen molar-refractivity contribution in [2.24, 2.45) is 5.73 Å². The van der Waals surface area contributed by atoms with Gasteiger partial charge in [-0.1, -0.05) is 18.2 Å². The van der Waals surface area contributed by atoms with Crippen molar-refractivity contribution < 1.29 is 0 Å². The second-order valence-corrected chi connectivity index (χ2v) is 3.87. The predicted molar refractivity (Wildman–Crippen MR) is 66.4 cm³/mol. The summed E-state index contributed by atoms with van der Waals surface area (Å²) in [6.45, 7) is 0. The zero-order chi connectivity index (χ0) is 11.7. The molecule has 0 radical (unpaired) electrons. The van der Waals surface area contributed by atoms with Crippen molar-refractivity contribution in [3.63, 3.8) is 0 Å². The van der Waals surface area contributed by atoms with Gasteiger partial charge < -0.3 is 10.7 Å². The molecule has 4 nitrogen and oxygen atoms in total. The number of fused-ring (bicyclic) bond motifs is 1. The van der Waals surface area contributed by atoms with Crippen molar-refractivity contribution in [2.45, 2.75) is 6.04 Å². The minimum atomic E-state index is -0.252. The SMILES string of the molecule is NC(c1ncc[nH]1)c1cccc2ncccc12. The lowest BCUT2D eigenvalue weighted by Gasteiger charge is -2.11. The van der Waals surface area contributed by atoms with Crippen LogP contribution in [0.3, 0.4) is 0 Å². The Bertz CT molecular complexity index is 625. The highest BCUT2D eigenvalue weighted by Crippen LogP contribution is 2.24. The van der Waals surface area contributed by atoms with E-state index in [-0.39, 0.29) is 6.04 Å². The maximum Gasteiger partial charge on any atom is 0.127 e. The van der Waals surface area contributed by atoms with Gasteiger partial charge in [0.1, 0.15) is 5.82 Å². The molecule has 84 valence electrons. The maximum atomic E-state index is 6.21. The first-order chi connectivity index (χ1) is 8.36. The predicted octanol–water partition coefficient (Wildman–Crippen LogP) is 2.01. The van der Waals surface area contributed by atoms with Crippen LogP contribution in [-0.2, 0) is 0 Å². The van der Waals surface area contributed by atoms with Crippen LogP contribution in [-0.4, -0.2) is 15.0 Å². The van der Waals surface area contributed by atoms with Crippen molar-refractivity contribution in [2.75, 3.05) is 0 Å². The number of benzene rings is 1. The molecule has 0 aliphatic carbocycles. The van der Waals surface area contributed by atoms with E-state index >= 15 is 0 Å². The number of aromatic amines is 1. The molecule has 3 rings (SSSR count). The second kappa shape index (κ2) is 3.99. The summed E-state index contributed by atoms with van der Waals surface area (Å²) in [5.74, 6) is 0.765. The number of hydrogen-bond donors (Lipinski definition) is 2. The third kappa shape index (κ3) is 1.68.